The average molecular weight is 549 g/mol. The molecule has 2 aromatic rings. The number of thioether (sulfide) groups is 2. The van der Waals surface area contributed by atoms with Crippen LogP contribution in [-0.2, 0) is 8.85 Å². The first-order chi connectivity index (χ1) is 16.1. The highest BCUT2D eigenvalue weighted by atomic mass is 32.2. The van der Waals surface area contributed by atoms with Crippen LogP contribution in [0.15, 0.2) is 70.5 Å². The van der Waals surface area contributed by atoms with E-state index in [1.54, 1.807) is 0 Å². The van der Waals surface area contributed by atoms with Gasteiger partial charge in [0.1, 0.15) is 0 Å². The van der Waals surface area contributed by atoms with Gasteiger partial charge in [-0.2, -0.15) is 0 Å². The van der Waals surface area contributed by atoms with Crippen molar-refractivity contribution in [3.63, 3.8) is 0 Å². The van der Waals surface area contributed by atoms with E-state index < -0.39 is 16.6 Å². The van der Waals surface area contributed by atoms with Gasteiger partial charge in [-0.3, -0.25) is 0 Å². The zero-order valence-electron chi connectivity index (χ0n) is 23.7. The molecule has 2 rings (SSSR count). The Morgan fingerprint density at radius 2 is 1.06 bits per heavy atom. The summed E-state index contributed by atoms with van der Waals surface area (Å²) < 4.78 is 13.8. The number of benzene rings is 2. The summed E-state index contributed by atoms with van der Waals surface area (Å²) >= 11 is 3.93. The van der Waals surface area contributed by atoms with Gasteiger partial charge in [0.25, 0.3) is 0 Å². The van der Waals surface area contributed by atoms with Crippen LogP contribution in [0.4, 0.5) is 0 Å². The van der Waals surface area contributed by atoms with E-state index in [9.17, 15) is 0 Å². The largest absolute Gasteiger partial charge is 0.417 e. The first kappa shape index (κ1) is 30.7. The van der Waals surface area contributed by atoms with Gasteiger partial charge >= 0.3 is 0 Å². The Hall–Kier alpha value is -0.506. The van der Waals surface area contributed by atoms with Gasteiger partial charge in [0.05, 0.1) is 4.58 Å². The summed E-state index contributed by atoms with van der Waals surface area (Å²) in [6, 6.07) is 21.6. The van der Waals surface area contributed by atoms with Crippen LogP contribution in [0.3, 0.4) is 0 Å². The predicted octanol–water partition coefficient (Wildman–Crippen LogP) is 9.95. The molecule has 2 aromatic carbocycles. The van der Waals surface area contributed by atoms with Crippen molar-refractivity contribution in [3.8, 4) is 0 Å². The lowest BCUT2D eigenvalue weighted by atomic mass is 10.1. The lowest BCUT2D eigenvalue weighted by molar-refractivity contribution is 0.196. The van der Waals surface area contributed by atoms with Crippen molar-refractivity contribution in [2.75, 3.05) is 13.2 Å². The Kier molecular flexibility index (Phi) is 11.3. The molecule has 0 aliphatic rings. The molecule has 0 aliphatic heterocycles. The Balaban J connectivity index is 2.29. The summed E-state index contributed by atoms with van der Waals surface area (Å²) in [6.07, 6.45) is 1.01. The average Bonchev–Trinajstić information content (AvgIpc) is 2.75. The van der Waals surface area contributed by atoms with Crippen LogP contribution in [0.25, 0.3) is 0 Å². The van der Waals surface area contributed by atoms with Gasteiger partial charge < -0.3 is 8.85 Å². The van der Waals surface area contributed by atoms with Crippen molar-refractivity contribution < 1.29 is 8.85 Å². The zero-order valence-corrected chi connectivity index (χ0v) is 27.3. The zero-order chi connectivity index (χ0) is 26.3. The molecule has 0 radical (unpaired) electrons. The van der Waals surface area contributed by atoms with E-state index in [1.807, 2.05) is 23.5 Å². The summed E-state index contributed by atoms with van der Waals surface area (Å²) in [4.78, 5) is 2.62. The van der Waals surface area contributed by atoms with E-state index in [4.69, 9.17) is 8.85 Å². The van der Waals surface area contributed by atoms with Gasteiger partial charge in [-0.1, -0.05) is 77.9 Å². The maximum absolute atomic E-state index is 6.83. The van der Waals surface area contributed by atoms with Gasteiger partial charge in [0.15, 0.2) is 16.6 Å². The molecule has 0 spiro atoms. The Morgan fingerprint density at radius 3 is 1.46 bits per heavy atom. The van der Waals surface area contributed by atoms with Gasteiger partial charge in [-0.15, -0.1) is 23.5 Å². The second kappa shape index (κ2) is 12.8. The Bertz CT molecular complexity index is 834. The van der Waals surface area contributed by atoms with Crippen LogP contribution in [0.5, 0.6) is 0 Å². The van der Waals surface area contributed by atoms with E-state index in [1.165, 1.54) is 9.79 Å². The molecule has 0 aromatic heterocycles. The third kappa shape index (κ3) is 9.71. The van der Waals surface area contributed by atoms with Crippen molar-refractivity contribution in [1.29, 1.82) is 0 Å². The monoisotopic (exact) mass is 548 g/mol. The first-order valence-electron chi connectivity index (χ1n) is 12.8. The van der Waals surface area contributed by atoms with E-state index >= 15 is 0 Å². The Labute approximate surface area is 226 Å². The second-order valence-corrected chi connectivity index (χ2v) is 24.8. The summed E-state index contributed by atoms with van der Waals surface area (Å²) in [5, 5.41) is 0.418. The third-order valence-electron chi connectivity index (χ3n) is 7.60. The topological polar surface area (TPSA) is 18.5 Å². The van der Waals surface area contributed by atoms with Crippen LogP contribution in [-0.4, -0.2) is 34.4 Å². The maximum atomic E-state index is 6.83. The highest BCUT2D eigenvalue weighted by molar-refractivity contribution is 8.17. The van der Waals surface area contributed by atoms with Crippen LogP contribution in [0, 0.1) is 5.92 Å². The highest BCUT2D eigenvalue weighted by Gasteiger charge is 2.39. The summed E-state index contributed by atoms with van der Waals surface area (Å²) in [6.45, 7) is 24.9. The molecule has 0 aliphatic carbocycles. The molecular formula is C29H48O2S2Si2. The first-order valence-corrected chi connectivity index (χ1v) is 20.4. The van der Waals surface area contributed by atoms with Crippen molar-refractivity contribution >= 4 is 40.2 Å². The predicted molar refractivity (Wildman–Crippen MR) is 163 cm³/mol. The highest BCUT2D eigenvalue weighted by Crippen LogP contribution is 2.43. The van der Waals surface area contributed by atoms with Crippen molar-refractivity contribution in [1.82, 2.24) is 0 Å². The fourth-order valence-electron chi connectivity index (χ4n) is 2.99. The van der Waals surface area contributed by atoms with Crippen molar-refractivity contribution in [2.45, 2.75) is 98.6 Å². The van der Waals surface area contributed by atoms with Gasteiger partial charge in [-0.05, 0) is 67.0 Å². The molecule has 0 saturated carbocycles. The number of hydrogen-bond donors (Lipinski definition) is 0. The standard InChI is InChI=1S/C29H48O2S2Si2/c1-28(2,3)34(7,8)30-22-21-24(23-31-35(9,10)29(4,5)6)27(32-25-17-13-11-14-18-25)33-26-19-15-12-16-20-26/h11-20,24,27H,21-23H2,1-10H3/t24-/m1/s1. The van der Waals surface area contributed by atoms with Crippen LogP contribution < -0.4 is 0 Å². The SMILES string of the molecule is CC(C)(C)[Si](C)(C)OCC[C@H](CO[Si](C)(C)C(C)(C)C)C(Sc1ccccc1)Sc1ccccc1. The van der Waals surface area contributed by atoms with Crippen molar-refractivity contribution in [2.24, 2.45) is 5.92 Å². The quantitative estimate of drug-likeness (QED) is 0.149. The fourth-order valence-corrected chi connectivity index (χ4v) is 7.96. The minimum absolute atomic E-state index is 0.198. The van der Waals surface area contributed by atoms with Crippen LogP contribution >= 0.6 is 23.5 Å². The molecule has 35 heavy (non-hydrogen) atoms. The molecule has 196 valence electrons. The Morgan fingerprint density at radius 1 is 0.657 bits per heavy atom. The van der Waals surface area contributed by atoms with E-state index in [2.05, 4.69) is 128 Å². The summed E-state index contributed by atoms with van der Waals surface area (Å²) in [7, 11) is -3.64. The molecule has 0 unspecified atom stereocenters. The van der Waals surface area contributed by atoms with Crippen molar-refractivity contribution in [3.05, 3.63) is 60.7 Å². The van der Waals surface area contributed by atoms with E-state index in [-0.39, 0.29) is 10.1 Å². The minimum Gasteiger partial charge on any atom is -0.417 e. The van der Waals surface area contributed by atoms with Crippen LogP contribution in [0.2, 0.25) is 36.3 Å². The lowest BCUT2D eigenvalue weighted by Crippen LogP contribution is -2.43. The number of rotatable bonds is 12. The third-order valence-corrected chi connectivity index (χ3v) is 19.5. The molecule has 0 amide bonds. The van der Waals surface area contributed by atoms with E-state index in [0.29, 0.717) is 10.5 Å². The summed E-state index contributed by atoms with van der Waals surface area (Å²) in [5.74, 6) is 0.379. The minimum atomic E-state index is -1.85. The fraction of sp³-hybridized carbons (Fsp3) is 0.586. The lowest BCUT2D eigenvalue weighted by Gasteiger charge is -2.39. The number of hydrogen-bond acceptors (Lipinski definition) is 4. The van der Waals surface area contributed by atoms with E-state index in [0.717, 1.165) is 19.6 Å². The maximum Gasteiger partial charge on any atom is 0.191 e. The summed E-state index contributed by atoms with van der Waals surface area (Å²) in [5.41, 5.74) is 0. The van der Waals surface area contributed by atoms with Crippen LogP contribution in [0.1, 0.15) is 48.0 Å². The molecule has 1 atom stereocenters. The molecule has 0 bridgehead atoms. The molecule has 0 fully saturated rings. The molecule has 0 N–H and O–H groups in total. The molecule has 2 nitrogen and oxygen atoms in total. The molecule has 0 saturated heterocycles. The molecule has 6 heteroatoms. The van der Waals surface area contributed by atoms with Gasteiger partial charge in [0, 0.05) is 28.9 Å². The van der Waals surface area contributed by atoms with Gasteiger partial charge in [0.2, 0.25) is 0 Å². The van der Waals surface area contributed by atoms with Gasteiger partial charge in [-0.25, -0.2) is 0 Å². The normalized spacial score (nSPS) is 14.4. The second-order valence-electron chi connectivity index (χ2n) is 12.5. The molecule has 0 heterocycles. The molecular weight excluding hydrogens is 501 g/mol. The smallest absolute Gasteiger partial charge is 0.191 e.